The van der Waals surface area contributed by atoms with Crippen molar-refractivity contribution in [3.63, 3.8) is 0 Å². The molecule has 3 aromatic carbocycles. The number of ether oxygens (including phenoxy) is 2. The molecule has 2 N–H and O–H groups in total. The van der Waals surface area contributed by atoms with Crippen LogP contribution in [0, 0.1) is 0 Å². The van der Waals surface area contributed by atoms with Gasteiger partial charge in [0.25, 0.3) is 5.91 Å². The molecule has 0 aliphatic carbocycles. The Bertz CT molecular complexity index is 949. The van der Waals surface area contributed by atoms with Crippen molar-refractivity contribution in [3.05, 3.63) is 71.8 Å². The average molecular weight is 335 g/mol. The molecule has 5 nitrogen and oxygen atoms in total. The van der Waals surface area contributed by atoms with Crippen LogP contribution in [-0.2, 0) is 11.2 Å². The van der Waals surface area contributed by atoms with E-state index in [1.807, 2.05) is 36.4 Å². The number of primary amides is 1. The lowest BCUT2D eigenvalue weighted by atomic mass is 10.0. The number of carbonyl (C=O) groups excluding carboxylic acids is 2. The summed E-state index contributed by atoms with van der Waals surface area (Å²) in [5.41, 5.74) is 6.29. The van der Waals surface area contributed by atoms with Crippen LogP contribution >= 0.6 is 0 Å². The van der Waals surface area contributed by atoms with Crippen molar-refractivity contribution in [3.8, 4) is 11.5 Å². The van der Waals surface area contributed by atoms with Gasteiger partial charge in [-0.05, 0) is 40.6 Å². The molecule has 0 bridgehead atoms. The summed E-state index contributed by atoms with van der Waals surface area (Å²) in [4.78, 5) is 23.6. The van der Waals surface area contributed by atoms with Crippen molar-refractivity contribution in [1.82, 2.24) is 0 Å². The van der Waals surface area contributed by atoms with Crippen molar-refractivity contribution >= 4 is 22.6 Å². The van der Waals surface area contributed by atoms with Crippen LogP contribution in [0.5, 0.6) is 11.5 Å². The zero-order valence-electron chi connectivity index (χ0n) is 13.7. The standard InChI is InChI=1S/C20H17NO4/c1-24-16-9-8-14-10-13(6-7-15(14)12-16)11-19(22)25-18-5-3-2-4-17(18)20(21)23/h2-10,12H,11H2,1H3,(H2,21,23). The van der Waals surface area contributed by atoms with E-state index >= 15 is 0 Å². The highest BCUT2D eigenvalue weighted by Gasteiger charge is 2.13. The van der Waals surface area contributed by atoms with Gasteiger partial charge in [-0.2, -0.15) is 0 Å². The number of esters is 1. The predicted octanol–water partition coefficient (Wildman–Crippen LogP) is 3.10. The molecular weight excluding hydrogens is 318 g/mol. The number of hydrogen-bond acceptors (Lipinski definition) is 4. The molecule has 25 heavy (non-hydrogen) atoms. The van der Waals surface area contributed by atoms with Gasteiger partial charge in [-0.1, -0.05) is 36.4 Å². The van der Waals surface area contributed by atoms with Gasteiger partial charge in [0.1, 0.15) is 11.5 Å². The maximum Gasteiger partial charge on any atom is 0.315 e. The Balaban J connectivity index is 1.77. The number of fused-ring (bicyclic) bond motifs is 1. The molecule has 0 aliphatic rings. The lowest BCUT2D eigenvalue weighted by Crippen LogP contribution is -2.17. The molecule has 0 saturated heterocycles. The van der Waals surface area contributed by atoms with Gasteiger partial charge in [-0.15, -0.1) is 0 Å². The smallest absolute Gasteiger partial charge is 0.315 e. The number of benzene rings is 3. The van der Waals surface area contributed by atoms with Crippen molar-refractivity contribution in [2.24, 2.45) is 5.73 Å². The Kier molecular flexibility index (Phi) is 4.66. The van der Waals surface area contributed by atoms with Crippen LogP contribution in [-0.4, -0.2) is 19.0 Å². The molecule has 0 spiro atoms. The van der Waals surface area contributed by atoms with E-state index in [9.17, 15) is 9.59 Å². The van der Waals surface area contributed by atoms with Gasteiger partial charge in [-0.3, -0.25) is 9.59 Å². The largest absolute Gasteiger partial charge is 0.497 e. The highest BCUT2D eigenvalue weighted by Crippen LogP contribution is 2.23. The zero-order chi connectivity index (χ0) is 17.8. The number of carbonyl (C=O) groups is 2. The summed E-state index contributed by atoms with van der Waals surface area (Å²) >= 11 is 0. The lowest BCUT2D eigenvalue weighted by Gasteiger charge is -2.08. The molecule has 0 atom stereocenters. The first-order valence-corrected chi connectivity index (χ1v) is 7.73. The quantitative estimate of drug-likeness (QED) is 0.574. The fourth-order valence-electron chi connectivity index (χ4n) is 2.59. The third-order valence-corrected chi connectivity index (χ3v) is 3.84. The Labute approximate surface area is 145 Å². The molecule has 0 fully saturated rings. The molecule has 3 aromatic rings. The predicted molar refractivity (Wildman–Crippen MR) is 94.8 cm³/mol. The van der Waals surface area contributed by atoms with Crippen molar-refractivity contribution in [1.29, 1.82) is 0 Å². The van der Waals surface area contributed by atoms with Crippen LogP contribution in [0.15, 0.2) is 60.7 Å². The Morgan fingerprint density at radius 1 is 0.960 bits per heavy atom. The fourth-order valence-corrected chi connectivity index (χ4v) is 2.59. The zero-order valence-corrected chi connectivity index (χ0v) is 13.7. The van der Waals surface area contributed by atoms with Gasteiger partial charge in [0.05, 0.1) is 19.1 Å². The first-order valence-electron chi connectivity index (χ1n) is 7.73. The van der Waals surface area contributed by atoms with E-state index in [2.05, 4.69) is 0 Å². The monoisotopic (exact) mass is 335 g/mol. The normalized spacial score (nSPS) is 10.4. The SMILES string of the molecule is COc1ccc2cc(CC(=O)Oc3ccccc3C(N)=O)ccc2c1. The van der Waals surface area contributed by atoms with Crippen LogP contribution in [0.25, 0.3) is 10.8 Å². The summed E-state index contributed by atoms with van der Waals surface area (Å²) in [6.07, 6.45) is 0.0923. The Hall–Kier alpha value is -3.34. The van der Waals surface area contributed by atoms with Gasteiger partial charge < -0.3 is 15.2 Å². The highest BCUT2D eigenvalue weighted by atomic mass is 16.5. The van der Waals surface area contributed by atoms with Gasteiger partial charge >= 0.3 is 5.97 Å². The summed E-state index contributed by atoms with van der Waals surface area (Å²) in [5, 5.41) is 2.03. The minimum absolute atomic E-state index is 0.0923. The molecule has 0 saturated carbocycles. The maximum atomic E-state index is 12.2. The van der Waals surface area contributed by atoms with Crippen LogP contribution in [0.2, 0.25) is 0 Å². The number of methoxy groups -OCH3 is 1. The van der Waals surface area contributed by atoms with E-state index in [-0.39, 0.29) is 17.7 Å². The molecule has 5 heteroatoms. The van der Waals surface area contributed by atoms with E-state index < -0.39 is 11.9 Å². The third kappa shape index (κ3) is 3.77. The first kappa shape index (κ1) is 16.5. The molecule has 1 amide bonds. The molecule has 0 aromatic heterocycles. The topological polar surface area (TPSA) is 78.6 Å². The van der Waals surface area contributed by atoms with Crippen LogP contribution in [0.3, 0.4) is 0 Å². The molecule has 0 heterocycles. The van der Waals surface area contributed by atoms with Crippen LogP contribution < -0.4 is 15.2 Å². The summed E-state index contributed by atoms with van der Waals surface area (Å²) < 4.78 is 10.5. The highest BCUT2D eigenvalue weighted by molar-refractivity contribution is 5.96. The fraction of sp³-hybridized carbons (Fsp3) is 0.100. The summed E-state index contributed by atoms with van der Waals surface area (Å²) in [6.45, 7) is 0. The van der Waals surface area contributed by atoms with Crippen LogP contribution in [0.1, 0.15) is 15.9 Å². The number of hydrogen-bond donors (Lipinski definition) is 1. The van der Waals surface area contributed by atoms with E-state index in [4.69, 9.17) is 15.2 Å². The van der Waals surface area contributed by atoms with E-state index in [1.165, 1.54) is 6.07 Å². The third-order valence-electron chi connectivity index (χ3n) is 3.84. The molecule has 0 aliphatic heterocycles. The summed E-state index contributed by atoms with van der Waals surface area (Å²) in [7, 11) is 1.62. The molecule has 0 unspecified atom stereocenters. The van der Waals surface area contributed by atoms with Gasteiger partial charge in [0, 0.05) is 0 Å². The molecule has 126 valence electrons. The molecule has 3 rings (SSSR count). The number of para-hydroxylation sites is 1. The summed E-state index contributed by atoms with van der Waals surface area (Å²) in [6, 6.07) is 17.9. The number of rotatable bonds is 5. The van der Waals surface area contributed by atoms with E-state index in [0.29, 0.717) is 0 Å². The second kappa shape index (κ2) is 7.05. The maximum absolute atomic E-state index is 12.2. The van der Waals surface area contributed by atoms with E-state index in [1.54, 1.807) is 25.3 Å². The summed E-state index contributed by atoms with van der Waals surface area (Å²) in [5.74, 6) is -0.141. The van der Waals surface area contributed by atoms with Crippen LogP contribution in [0.4, 0.5) is 0 Å². The van der Waals surface area contributed by atoms with Gasteiger partial charge in [0.15, 0.2) is 0 Å². The Morgan fingerprint density at radius 2 is 1.68 bits per heavy atom. The van der Waals surface area contributed by atoms with Gasteiger partial charge in [-0.25, -0.2) is 0 Å². The van der Waals surface area contributed by atoms with Crippen molar-refractivity contribution in [2.75, 3.05) is 7.11 Å². The lowest BCUT2D eigenvalue weighted by molar-refractivity contribution is -0.133. The van der Waals surface area contributed by atoms with Gasteiger partial charge in [0.2, 0.25) is 0 Å². The number of nitrogens with two attached hydrogens (primary N) is 1. The van der Waals surface area contributed by atoms with Crippen molar-refractivity contribution < 1.29 is 19.1 Å². The van der Waals surface area contributed by atoms with Crippen molar-refractivity contribution in [2.45, 2.75) is 6.42 Å². The second-order valence-electron chi connectivity index (χ2n) is 5.56. The minimum Gasteiger partial charge on any atom is -0.497 e. The minimum atomic E-state index is -0.636. The Morgan fingerprint density at radius 3 is 2.44 bits per heavy atom. The number of amides is 1. The first-order chi connectivity index (χ1) is 12.1. The molecular formula is C20H17NO4. The second-order valence-corrected chi connectivity index (χ2v) is 5.56. The molecule has 0 radical (unpaired) electrons. The average Bonchev–Trinajstić information content (AvgIpc) is 2.61. The van der Waals surface area contributed by atoms with E-state index in [0.717, 1.165) is 22.1 Å².